The third-order valence-corrected chi connectivity index (χ3v) is 3.59. The van der Waals surface area contributed by atoms with Crippen LogP contribution in [0.5, 0.6) is 0 Å². The second kappa shape index (κ2) is 13.3. The lowest BCUT2D eigenvalue weighted by molar-refractivity contribution is 0.780. The van der Waals surface area contributed by atoms with Gasteiger partial charge >= 0.3 is 0 Å². The lowest BCUT2D eigenvalue weighted by Crippen LogP contribution is -2.02. The number of hydrogen-bond donors (Lipinski definition) is 2. The van der Waals surface area contributed by atoms with E-state index in [1.807, 2.05) is 26.0 Å². The van der Waals surface area contributed by atoms with Crippen LogP contribution in [0.15, 0.2) is 61.8 Å². The van der Waals surface area contributed by atoms with E-state index in [9.17, 15) is 0 Å². The highest BCUT2D eigenvalue weighted by Gasteiger charge is 2.15. The van der Waals surface area contributed by atoms with Gasteiger partial charge in [0, 0.05) is 12.7 Å². The van der Waals surface area contributed by atoms with Gasteiger partial charge in [0.05, 0.1) is 17.1 Å². The van der Waals surface area contributed by atoms with Crippen molar-refractivity contribution in [2.24, 2.45) is 5.73 Å². The summed E-state index contributed by atoms with van der Waals surface area (Å²) in [7, 11) is 1.50. The van der Waals surface area contributed by atoms with Gasteiger partial charge in [-0.15, -0.1) is 13.2 Å². The Hall–Kier alpha value is -2.92. The lowest BCUT2D eigenvalue weighted by Gasteiger charge is -2.12. The summed E-state index contributed by atoms with van der Waals surface area (Å²) in [6.07, 6.45) is 1.70. The summed E-state index contributed by atoms with van der Waals surface area (Å²) in [6, 6.07) is 14.5. The van der Waals surface area contributed by atoms with Crippen molar-refractivity contribution in [2.45, 2.75) is 34.2 Å². The predicted molar refractivity (Wildman–Crippen MR) is 118 cm³/mol. The van der Waals surface area contributed by atoms with Gasteiger partial charge < -0.3 is 16.0 Å². The van der Waals surface area contributed by atoms with Gasteiger partial charge in [0.25, 0.3) is 0 Å². The SMILES string of the molecule is C=C.CC.CCn1c(-c2ccnc(N)n2)cc(C)c1-c1ccccc1.CN. The van der Waals surface area contributed by atoms with Gasteiger partial charge in [-0.3, -0.25) is 0 Å². The molecule has 0 aliphatic rings. The van der Waals surface area contributed by atoms with Gasteiger partial charge in [-0.25, -0.2) is 9.97 Å². The predicted octanol–water partition coefficient (Wildman–Crippen LogP) is 4.93. The molecular weight excluding hydrogens is 334 g/mol. The maximum Gasteiger partial charge on any atom is 0.220 e. The van der Waals surface area contributed by atoms with Crippen molar-refractivity contribution in [1.82, 2.24) is 14.5 Å². The molecule has 2 heterocycles. The third kappa shape index (κ3) is 6.08. The average molecular weight is 368 g/mol. The smallest absolute Gasteiger partial charge is 0.220 e. The molecule has 3 aromatic rings. The highest BCUT2D eigenvalue weighted by Crippen LogP contribution is 2.31. The summed E-state index contributed by atoms with van der Waals surface area (Å²) in [5.41, 5.74) is 15.8. The molecule has 0 spiro atoms. The van der Waals surface area contributed by atoms with Crippen LogP contribution < -0.4 is 11.5 Å². The minimum atomic E-state index is 0.301. The van der Waals surface area contributed by atoms with Crippen LogP contribution in [0.2, 0.25) is 0 Å². The van der Waals surface area contributed by atoms with Crippen LogP contribution >= 0.6 is 0 Å². The summed E-state index contributed by atoms with van der Waals surface area (Å²) in [5, 5.41) is 0. The van der Waals surface area contributed by atoms with Gasteiger partial charge in [-0.2, -0.15) is 0 Å². The highest BCUT2D eigenvalue weighted by atomic mass is 15.0. The molecule has 3 rings (SSSR count). The molecular formula is C22H33N5. The van der Waals surface area contributed by atoms with Crippen LogP contribution in [0.4, 0.5) is 5.95 Å². The minimum absolute atomic E-state index is 0.301. The minimum Gasteiger partial charge on any atom is -0.368 e. The van der Waals surface area contributed by atoms with E-state index in [0.29, 0.717) is 5.95 Å². The fraction of sp³-hybridized carbons (Fsp3) is 0.273. The third-order valence-electron chi connectivity index (χ3n) is 3.59. The lowest BCUT2D eigenvalue weighted by atomic mass is 10.1. The molecule has 1 aromatic carbocycles. The summed E-state index contributed by atoms with van der Waals surface area (Å²) in [4.78, 5) is 8.31. The second-order valence-electron chi connectivity index (χ2n) is 4.97. The molecule has 5 heteroatoms. The Kier molecular flexibility index (Phi) is 11.9. The van der Waals surface area contributed by atoms with Crippen molar-refractivity contribution >= 4 is 5.95 Å². The van der Waals surface area contributed by atoms with E-state index >= 15 is 0 Å². The summed E-state index contributed by atoms with van der Waals surface area (Å²) in [5.74, 6) is 0.301. The number of hydrogen-bond acceptors (Lipinski definition) is 4. The molecule has 0 fully saturated rings. The van der Waals surface area contributed by atoms with Crippen LogP contribution in [0, 0.1) is 6.92 Å². The zero-order valence-corrected chi connectivity index (χ0v) is 17.2. The molecule has 0 unspecified atom stereocenters. The summed E-state index contributed by atoms with van der Waals surface area (Å²) >= 11 is 0. The van der Waals surface area contributed by atoms with Gasteiger partial charge in [-0.1, -0.05) is 44.2 Å². The molecule has 0 saturated carbocycles. The maximum atomic E-state index is 5.71. The standard InChI is InChI=1S/C17H18N4.C2H6.C2H4.CH5N/c1-3-21-15(14-9-10-19-17(18)20-14)11-12(2)16(21)13-7-5-4-6-8-13;3*1-2/h4-11H,3H2,1-2H3,(H2,18,19,20);1-2H3;1-2H2;2H2,1H3. The van der Waals surface area contributed by atoms with Crippen LogP contribution in [0.3, 0.4) is 0 Å². The monoisotopic (exact) mass is 367 g/mol. The first-order chi connectivity index (χ1) is 13.2. The largest absolute Gasteiger partial charge is 0.368 e. The Morgan fingerprint density at radius 1 is 1.04 bits per heavy atom. The van der Waals surface area contributed by atoms with Crippen molar-refractivity contribution in [1.29, 1.82) is 0 Å². The first-order valence-electron chi connectivity index (χ1n) is 9.13. The van der Waals surface area contributed by atoms with Gasteiger partial charge in [-0.05, 0) is 44.2 Å². The first kappa shape index (κ1) is 24.1. The number of rotatable bonds is 3. The number of nitrogen functional groups attached to an aromatic ring is 1. The molecule has 0 saturated heterocycles. The zero-order valence-electron chi connectivity index (χ0n) is 17.2. The number of aromatic nitrogens is 3. The van der Waals surface area contributed by atoms with E-state index in [0.717, 1.165) is 17.9 Å². The molecule has 0 radical (unpaired) electrons. The second-order valence-corrected chi connectivity index (χ2v) is 4.97. The van der Waals surface area contributed by atoms with E-state index in [4.69, 9.17) is 5.73 Å². The number of aryl methyl sites for hydroxylation is 1. The highest BCUT2D eigenvalue weighted by molar-refractivity contribution is 5.71. The Balaban J connectivity index is 0.00000103. The van der Waals surface area contributed by atoms with Crippen LogP contribution in [0.25, 0.3) is 22.6 Å². The van der Waals surface area contributed by atoms with Crippen molar-refractivity contribution in [3.8, 4) is 22.6 Å². The van der Waals surface area contributed by atoms with E-state index in [-0.39, 0.29) is 0 Å². The molecule has 0 atom stereocenters. The topological polar surface area (TPSA) is 82.8 Å². The fourth-order valence-electron chi connectivity index (χ4n) is 2.72. The molecule has 5 nitrogen and oxygen atoms in total. The Morgan fingerprint density at radius 2 is 1.63 bits per heavy atom. The number of benzene rings is 1. The molecule has 27 heavy (non-hydrogen) atoms. The first-order valence-corrected chi connectivity index (χ1v) is 9.13. The van der Waals surface area contributed by atoms with Crippen LogP contribution in [-0.2, 0) is 6.54 Å². The van der Waals surface area contributed by atoms with E-state index < -0.39 is 0 Å². The number of nitrogens with two attached hydrogens (primary N) is 2. The summed E-state index contributed by atoms with van der Waals surface area (Å²) in [6.45, 7) is 15.1. The Labute approximate surface area is 163 Å². The molecule has 0 aliphatic heterocycles. The van der Waals surface area contributed by atoms with Crippen LogP contribution in [0.1, 0.15) is 26.3 Å². The Morgan fingerprint density at radius 3 is 2.15 bits per heavy atom. The van der Waals surface area contributed by atoms with Gasteiger partial charge in [0.1, 0.15) is 0 Å². The van der Waals surface area contributed by atoms with Crippen molar-refractivity contribution in [3.05, 3.63) is 67.4 Å². The fourth-order valence-corrected chi connectivity index (χ4v) is 2.72. The molecule has 2 aromatic heterocycles. The quantitative estimate of drug-likeness (QED) is 0.643. The van der Waals surface area contributed by atoms with Crippen LogP contribution in [-0.4, -0.2) is 21.6 Å². The maximum absolute atomic E-state index is 5.71. The van der Waals surface area contributed by atoms with E-state index in [1.54, 1.807) is 6.20 Å². The van der Waals surface area contributed by atoms with Crippen molar-refractivity contribution < 1.29 is 0 Å². The number of nitrogens with zero attached hydrogens (tertiary/aromatic N) is 3. The average Bonchev–Trinajstić information content (AvgIpc) is 3.09. The van der Waals surface area contributed by atoms with E-state index in [2.05, 4.69) is 77.6 Å². The zero-order chi connectivity index (χ0) is 20.8. The molecule has 4 N–H and O–H groups in total. The summed E-state index contributed by atoms with van der Waals surface area (Å²) < 4.78 is 2.27. The van der Waals surface area contributed by atoms with Gasteiger partial charge in [0.15, 0.2) is 0 Å². The van der Waals surface area contributed by atoms with Crippen molar-refractivity contribution in [3.63, 3.8) is 0 Å². The Bertz CT molecular complexity index is 779. The molecule has 0 amide bonds. The normalized spacial score (nSPS) is 8.96. The number of anilines is 1. The molecule has 0 aliphatic carbocycles. The van der Waals surface area contributed by atoms with Gasteiger partial charge in [0.2, 0.25) is 5.95 Å². The van der Waals surface area contributed by atoms with Crippen molar-refractivity contribution in [2.75, 3.05) is 12.8 Å². The van der Waals surface area contributed by atoms with E-state index in [1.165, 1.54) is 23.9 Å². The molecule has 146 valence electrons. The molecule has 0 bridgehead atoms.